The van der Waals surface area contributed by atoms with E-state index >= 15 is 0 Å². The zero-order valence-corrected chi connectivity index (χ0v) is 15.8. The van der Waals surface area contributed by atoms with Gasteiger partial charge in [0.15, 0.2) is 0 Å². The van der Waals surface area contributed by atoms with Gasteiger partial charge in [-0.25, -0.2) is 13.6 Å². The molecule has 3 aromatic rings. The number of fused-ring (bicyclic) bond motifs is 1. The Morgan fingerprint density at radius 2 is 1.74 bits per heavy atom. The van der Waals surface area contributed by atoms with Gasteiger partial charge in [0.2, 0.25) is 0 Å². The van der Waals surface area contributed by atoms with E-state index in [4.69, 9.17) is 4.42 Å². The Labute approximate surface area is 157 Å². The highest BCUT2D eigenvalue weighted by molar-refractivity contribution is 5.82. The lowest BCUT2D eigenvalue weighted by Crippen LogP contribution is -2.06. The molecule has 3 rings (SSSR count). The van der Waals surface area contributed by atoms with E-state index in [9.17, 15) is 13.6 Å². The minimum atomic E-state index is -0.606. The Morgan fingerprint density at radius 1 is 0.963 bits per heavy atom. The number of unbranched alkanes of at least 4 members (excludes halogenated alkanes) is 1. The minimum absolute atomic E-state index is 0.0351. The first kappa shape index (κ1) is 19.3. The molecule has 1 aromatic heterocycles. The highest BCUT2D eigenvalue weighted by Gasteiger charge is 2.13. The molecule has 0 spiro atoms. The normalized spacial score (nSPS) is 11.3. The van der Waals surface area contributed by atoms with Crippen molar-refractivity contribution in [2.24, 2.45) is 0 Å². The fraction of sp³-hybridized carbons (Fsp3) is 0.348. The first-order chi connectivity index (χ1) is 13.0. The molecule has 142 valence electrons. The van der Waals surface area contributed by atoms with Crippen molar-refractivity contribution >= 4 is 10.8 Å². The van der Waals surface area contributed by atoms with Crippen molar-refractivity contribution in [3.05, 3.63) is 80.9 Å². The van der Waals surface area contributed by atoms with E-state index in [1.165, 1.54) is 0 Å². The third kappa shape index (κ3) is 4.44. The first-order valence-electron chi connectivity index (χ1n) is 9.48. The molecule has 0 amide bonds. The summed E-state index contributed by atoms with van der Waals surface area (Å²) in [4.78, 5) is 12.2. The molecule has 0 N–H and O–H groups in total. The van der Waals surface area contributed by atoms with Gasteiger partial charge >= 0.3 is 5.63 Å². The van der Waals surface area contributed by atoms with Gasteiger partial charge in [0.05, 0.1) is 0 Å². The van der Waals surface area contributed by atoms with Crippen molar-refractivity contribution in [2.75, 3.05) is 0 Å². The predicted octanol–water partition coefficient (Wildman–Crippen LogP) is 5.90. The second-order valence-corrected chi connectivity index (χ2v) is 7.04. The standard InChI is InChI=1S/C23H24F2O2/c1-3-6-19-14-18-12-11-17(22(25)21(18)23(26)27-19)8-5-4-7-16-10-9-15(2)20(24)13-16/h9-14H,3-8H2,1-2H3. The molecule has 0 bridgehead atoms. The molecule has 0 aliphatic carbocycles. The monoisotopic (exact) mass is 370 g/mol. The van der Waals surface area contributed by atoms with Crippen LogP contribution in [0.5, 0.6) is 0 Å². The maximum absolute atomic E-state index is 14.8. The van der Waals surface area contributed by atoms with Gasteiger partial charge in [-0.2, -0.15) is 0 Å². The number of hydrogen-bond donors (Lipinski definition) is 0. The van der Waals surface area contributed by atoms with Crippen molar-refractivity contribution < 1.29 is 13.2 Å². The van der Waals surface area contributed by atoms with E-state index in [-0.39, 0.29) is 11.2 Å². The molecule has 0 aliphatic rings. The average molecular weight is 370 g/mol. The van der Waals surface area contributed by atoms with E-state index in [1.807, 2.05) is 13.0 Å². The van der Waals surface area contributed by atoms with E-state index in [0.29, 0.717) is 35.1 Å². The van der Waals surface area contributed by atoms with Gasteiger partial charge in [-0.3, -0.25) is 0 Å². The summed E-state index contributed by atoms with van der Waals surface area (Å²) in [6, 6.07) is 10.6. The molecule has 0 aliphatic heterocycles. The highest BCUT2D eigenvalue weighted by atomic mass is 19.1. The summed E-state index contributed by atoms with van der Waals surface area (Å²) in [7, 11) is 0. The van der Waals surface area contributed by atoms with Gasteiger partial charge in [0.1, 0.15) is 22.8 Å². The van der Waals surface area contributed by atoms with E-state index < -0.39 is 11.4 Å². The molecule has 2 aromatic carbocycles. The first-order valence-corrected chi connectivity index (χ1v) is 9.48. The van der Waals surface area contributed by atoms with Crippen LogP contribution in [0.3, 0.4) is 0 Å². The maximum atomic E-state index is 14.8. The van der Waals surface area contributed by atoms with Crippen molar-refractivity contribution in [3.63, 3.8) is 0 Å². The molecular weight excluding hydrogens is 346 g/mol. The van der Waals surface area contributed by atoms with E-state index in [1.54, 1.807) is 37.3 Å². The number of rotatable bonds is 7. The lowest BCUT2D eigenvalue weighted by atomic mass is 10.0. The van der Waals surface area contributed by atoms with Crippen LogP contribution in [-0.2, 0) is 19.3 Å². The zero-order chi connectivity index (χ0) is 19.4. The van der Waals surface area contributed by atoms with Gasteiger partial charge < -0.3 is 4.42 Å². The lowest BCUT2D eigenvalue weighted by Gasteiger charge is -2.08. The summed E-state index contributed by atoms with van der Waals surface area (Å²) >= 11 is 0. The molecule has 0 atom stereocenters. The number of hydrogen-bond acceptors (Lipinski definition) is 2. The number of aryl methyl sites for hydroxylation is 4. The average Bonchev–Trinajstić information content (AvgIpc) is 2.63. The van der Waals surface area contributed by atoms with Crippen LogP contribution in [0.1, 0.15) is 48.6 Å². The molecular formula is C23H24F2O2. The maximum Gasteiger partial charge on any atom is 0.346 e. The Kier molecular flexibility index (Phi) is 6.04. The van der Waals surface area contributed by atoms with Gasteiger partial charge in [-0.1, -0.05) is 31.2 Å². The predicted molar refractivity (Wildman–Crippen MR) is 104 cm³/mol. The van der Waals surface area contributed by atoms with Crippen molar-refractivity contribution in [1.29, 1.82) is 0 Å². The van der Waals surface area contributed by atoms with E-state index in [0.717, 1.165) is 31.2 Å². The fourth-order valence-electron chi connectivity index (χ4n) is 3.33. The van der Waals surface area contributed by atoms with Crippen molar-refractivity contribution in [1.82, 2.24) is 0 Å². The Morgan fingerprint density at radius 3 is 2.48 bits per heavy atom. The van der Waals surface area contributed by atoms with Crippen LogP contribution in [0.15, 0.2) is 45.6 Å². The summed E-state index contributed by atoms with van der Waals surface area (Å²) in [5, 5.41) is 0.624. The van der Waals surface area contributed by atoms with Gasteiger partial charge in [-0.05, 0) is 73.2 Å². The summed E-state index contributed by atoms with van der Waals surface area (Å²) in [5.41, 5.74) is 1.50. The number of halogens is 2. The molecule has 0 saturated heterocycles. The van der Waals surface area contributed by atoms with E-state index in [2.05, 4.69) is 0 Å². The van der Waals surface area contributed by atoms with Crippen molar-refractivity contribution in [2.45, 2.75) is 52.4 Å². The van der Waals surface area contributed by atoms with Crippen LogP contribution in [0, 0.1) is 18.6 Å². The Bertz CT molecular complexity index is 1010. The largest absolute Gasteiger partial charge is 0.427 e. The molecule has 4 heteroatoms. The highest BCUT2D eigenvalue weighted by Crippen LogP contribution is 2.22. The summed E-state index contributed by atoms with van der Waals surface area (Å²) in [5.74, 6) is -0.0830. The molecule has 1 heterocycles. The summed E-state index contributed by atoms with van der Waals surface area (Å²) in [6.07, 6.45) is 4.39. The Balaban J connectivity index is 1.69. The van der Waals surface area contributed by atoms with Crippen molar-refractivity contribution in [3.8, 4) is 0 Å². The second-order valence-electron chi connectivity index (χ2n) is 7.04. The fourth-order valence-corrected chi connectivity index (χ4v) is 3.33. The van der Waals surface area contributed by atoms with Crippen LogP contribution < -0.4 is 5.63 Å². The zero-order valence-electron chi connectivity index (χ0n) is 15.8. The van der Waals surface area contributed by atoms with Gasteiger partial charge in [-0.15, -0.1) is 0 Å². The van der Waals surface area contributed by atoms with Crippen LogP contribution in [0.4, 0.5) is 8.78 Å². The van der Waals surface area contributed by atoms with Crippen LogP contribution in [0.25, 0.3) is 10.8 Å². The molecule has 0 unspecified atom stereocenters. The summed E-state index contributed by atoms with van der Waals surface area (Å²) in [6.45, 7) is 3.74. The topological polar surface area (TPSA) is 30.2 Å². The second kappa shape index (κ2) is 8.47. The molecule has 0 fully saturated rings. The Hall–Kier alpha value is -2.49. The summed E-state index contributed by atoms with van der Waals surface area (Å²) < 4.78 is 33.6. The van der Waals surface area contributed by atoms with Gasteiger partial charge in [0, 0.05) is 6.42 Å². The SMILES string of the molecule is CCCc1cc2ccc(CCCCc3ccc(C)c(F)c3)c(F)c2c(=O)o1. The molecule has 0 saturated carbocycles. The molecule has 2 nitrogen and oxygen atoms in total. The van der Waals surface area contributed by atoms with Crippen LogP contribution in [-0.4, -0.2) is 0 Å². The van der Waals surface area contributed by atoms with Crippen LogP contribution >= 0.6 is 0 Å². The molecule has 27 heavy (non-hydrogen) atoms. The minimum Gasteiger partial charge on any atom is -0.427 e. The molecule has 0 radical (unpaired) electrons. The lowest BCUT2D eigenvalue weighted by molar-refractivity contribution is 0.461. The third-order valence-corrected chi connectivity index (χ3v) is 4.89. The quantitative estimate of drug-likeness (QED) is 0.485. The smallest absolute Gasteiger partial charge is 0.346 e. The van der Waals surface area contributed by atoms with Gasteiger partial charge in [0.25, 0.3) is 0 Å². The number of benzene rings is 2. The third-order valence-electron chi connectivity index (χ3n) is 4.89. The van der Waals surface area contributed by atoms with Crippen LogP contribution in [0.2, 0.25) is 0 Å².